The molecule has 5 heteroatoms. The Morgan fingerprint density at radius 1 is 1.04 bits per heavy atom. The van der Waals surface area contributed by atoms with E-state index in [1.54, 1.807) is 6.33 Å². The van der Waals surface area contributed by atoms with Gasteiger partial charge >= 0.3 is 0 Å². The van der Waals surface area contributed by atoms with Gasteiger partial charge in [-0.25, -0.2) is 9.97 Å². The van der Waals surface area contributed by atoms with E-state index < -0.39 is 0 Å². The zero-order chi connectivity index (χ0) is 17.8. The molecular weight excluding hydrogens is 344 g/mol. The number of nitrogens with zero attached hydrogens (tertiary/aromatic N) is 3. The van der Waals surface area contributed by atoms with Crippen LogP contribution in [0.4, 0.5) is 5.82 Å². The Balaban J connectivity index is 1.30. The number of fused-ring (bicyclic) bond motifs is 1. The van der Waals surface area contributed by atoms with Crippen molar-refractivity contribution in [1.82, 2.24) is 14.9 Å². The van der Waals surface area contributed by atoms with Gasteiger partial charge in [-0.1, -0.05) is 29.8 Å². The van der Waals surface area contributed by atoms with Crippen LogP contribution in [-0.2, 0) is 12.8 Å². The molecular formula is C21H25ClN4. The fraction of sp³-hybridized carbons (Fsp3) is 0.429. The maximum Gasteiger partial charge on any atom is 0.132 e. The minimum atomic E-state index is 0.796. The number of benzene rings is 1. The van der Waals surface area contributed by atoms with Crippen molar-refractivity contribution < 1.29 is 0 Å². The predicted molar refractivity (Wildman–Crippen MR) is 108 cm³/mol. The van der Waals surface area contributed by atoms with Crippen LogP contribution >= 0.6 is 11.6 Å². The first-order chi connectivity index (χ1) is 12.8. The van der Waals surface area contributed by atoms with Gasteiger partial charge in [-0.2, -0.15) is 0 Å². The largest absolute Gasteiger partial charge is 0.368 e. The van der Waals surface area contributed by atoms with Gasteiger partial charge in [-0.15, -0.1) is 0 Å². The highest BCUT2D eigenvalue weighted by molar-refractivity contribution is 6.30. The number of hydrogen-bond acceptors (Lipinski definition) is 4. The van der Waals surface area contributed by atoms with Crippen LogP contribution in [0.1, 0.15) is 36.1 Å². The van der Waals surface area contributed by atoms with E-state index in [4.69, 9.17) is 11.6 Å². The highest BCUT2D eigenvalue weighted by Gasteiger charge is 2.16. The molecule has 136 valence electrons. The third-order valence-electron chi connectivity index (χ3n) is 5.35. The molecule has 4 rings (SSSR count). The lowest BCUT2D eigenvalue weighted by atomic mass is 9.96. The summed E-state index contributed by atoms with van der Waals surface area (Å²) in [5.41, 5.74) is 5.29. The minimum absolute atomic E-state index is 0.796. The number of anilines is 1. The molecule has 2 aromatic rings. The van der Waals surface area contributed by atoms with Crippen molar-refractivity contribution in [2.75, 3.05) is 31.5 Å². The second kappa shape index (κ2) is 8.19. The van der Waals surface area contributed by atoms with Crippen molar-refractivity contribution in [2.45, 2.75) is 32.1 Å². The van der Waals surface area contributed by atoms with Gasteiger partial charge in [0.05, 0.1) is 0 Å². The summed E-state index contributed by atoms with van der Waals surface area (Å²) in [4.78, 5) is 11.4. The lowest BCUT2D eigenvalue weighted by Crippen LogP contribution is -2.33. The molecule has 0 saturated heterocycles. The molecule has 1 N–H and O–H groups in total. The number of halogens is 1. The average Bonchev–Trinajstić information content (AvgIpc) is 2.69. The van der Waals surface area contributed by atoms with Gasteiger partial charge in [0.2, 0.25) is 0 Å². The Hall–Kier alpha value is -1.91. The van der Waals surface area contributed by atoms with Gasteiger partial charge in [0.1, 0.15) is 12.1 Å². The molecule has 1 aliphatic carbocycles. The van der Waals surface area contributed by atoms with E-state index >= 15 is 0 Å². The summed E-state index contributed by atoms with van der Waals surface area (Å²) in [7, 11) is 0. The van der Waals surface area contributed by atoms with Gasteiger partial charge in [-0.3, -0.25) is 4.90 Å². The molecule has 26 heavy (non-hydrogen) atoms. The molecule has 1 aromatic carbocycles. The highest BCUT2D eigenvalue weighted by atomic mass is 35.5. The molecule has 0 spiro atoms. The van der Waals surface area contributed by atoms with Gasteiger partial charge in [0.15, 0.2) is 0 Å². The molecule has 1 aliphatic heterocycles. The Labute approximate surface area is 160 Å². The first kappa shape index (κ1) is 17.5. The summed E-state index contributed by atoms with van der Waals surface area (Å²) in [5.74, 6) is 1.05. The van der Waals surface area contributed by atoms with Crippen LogP contribution < -0.4 is 5.32 Å². The number of aromatic nitrogens is 2. The predicted octanol–water partition coefficient (Wildman–Crippen LogP) is 4.21. The molecule has 0 atom stereocenters. The lowest BCUT2D eigenvalue weighted by Gasteiger charge is -2.27. The van der Waals surface area contributed by atoms with E-state index in [0.29, 0.717) is 0 Å². The number of rotatable bonds is 5. The van der Waals surface area contributed by atoms with Crippen LogP contribution in [0.3, 0.4) is 0 Å². The van der Waals surface area contributed by atoms with Gasteiger partial charge in [0, 0.05) is 42.5 Å². The topological polar surface area (TPSA) is 41.0 Å². The molecule has 4 nitrogen and oxygen atoms in total. The van der Waals surface area contributed by atoms with Crippen LogP contribution in [0.5, 0.6) is 0 Å². The molecule has 0 bridgehead atoms. The summed E-state index contributed by atoms with van der Waals surface area (Å²) in [6, 6.07) is 8.17. The van der Waals surface area contributed by atoms with E-state index in [0.717, 1.165) is 56.3 Å². The first-order valence-corrected chi connectivity index (χ1v) is 9.91. The molecule has 0 unspecified atom stereocenters. The Kier molecular flexibility index (Phi) is 5.51. The molecule has 2 heterocycles. The molecule has 0 saturated carbocycles. The zero-order valence-corrected chi connectivity index (χ0v) is 15.8. The average molecular weight is 369 g/mol. The van der Waals surface area contributed by atoms with Gasteiger partial charge in [-0.05, 0) is 55.4 Å². The van der Waals surface area contributed by atoms with E-state index in [1.165, 1.54) is 35.2 Å². The summed E-state index contributed by atoms with van der Waals surface area (Å²) in [5, 5.41) is 4.34. The molecule has 0 amide bonds. The number of aryl methyl sites for hydroxylation is 1. The smallest absolute Gasteiger partial charge is 0.132 e. The SMILES string of the molecule is Clc1ccc(C2=CCN(CCNc3ncnc4c3CCCC4)CC2)cc1. The van der Waals surface area contributed by atoms with Crippen molar-refractivity contribution in [3.63, 3.8) is 0 Å². The van der Waals surface area contributed by atoms with Crippen LogP contribution in [0.15, 0.2) is 36.7 Å². The first-order valence-electron chi connectivity index (χ1n) is 9.53. The van der Waals surface area contributed by atoms with Gasteiger partial charge in [0.25, 0.3) is 0 Å². The standard InChI is InChI=1S/C21H25ClN4/c22-18-7-5-16(6-8-18)17-9-12-26(13-10-17)14-11-23-21-19-3-1-2-4-20(19)24-15-25-21/h5-9,15H,1-4,10-14H2,(H,23,24,25). The summed E-state index contributed by atoms with van der Waals surface area (Å²) < 4.78 is 0. The van der Waals surface area contributed by atoms with Crippen LogP contribution in [-0.4, -0.2) is 41.0 Å². The normalized spacial score (nSPS) is 17.5. The molecule has 0 radical (unpaired) electrons. The minimum Gasteiger partial charge on any atom is -0.368 e. The Morgan fingerprint density at radius 3 is 2.69 bits per heavy atom. The van der Waals surface area contributed by atoms with Gasteiger partial charge < -0.3 is 5.32 Å². The maximum atomic E-state index is 5.98. The monoisotopic (exact) mass is 368 g/mol. The van der Waals surface area contributed by atoms with Crippen LogP contribution in [0.25, 0.3) is 5.57 Å². The lowest BCUT2D eigenvalue weighted by molar-refractivity contribution is 0.313. The van der Waals surface area contributed by atoms with Crippen molar-refractivity contribution >= 4 is 23.0 Å². The van der Waals surface area contributed by atoms with Crippen LogP contribution in [0, 0.1) is 0 Å². The van der Waals surface area contributed by atoms with Crippen molar-refractivity contribution in [3.05, 3.63) is 58.5 Å². The van der Waals surface area contributed by atoms with Crippen molar-refractivity contribution in [2.24, 2.45) is 0 Å². The van der Waals surface area contributed by atoms with Crippen molar-refractivity contribution in [1.29, 1.82) is 0 Å². The summed E-state index contributed by atoms with van der Waals surface area (Å²) in [6.45, 7) is 4.05. The maximum absolute atomic E-state index is 5.98. The van der Waals surface area contributed by atoms with E-state index in [1.807, 2.05) is 12.1 Å². The molecule has 0 fully saturated rings. The number of nitrogens with one attached hydrogen (secondary N) is 1. The summed E-state index contributed by atoms with van der Waals surface area (Å²) >= 11 is 5.98. The zero-order valence-electron chi connectivity index (χ0n) is 15.0. The second-order valence-electron chi connectivity index (χ2n) is 7.07. The highest BCUT2D eigenvalue weighted by Crippen LogP contribution is 2.25. The van der Waals surface area contributed by atoms with E-state index in [9.17, 15) is 0 Å². The molecule has 1 aromatic heterocycles. The van der Waals surface area contributed by atoms with E-state index in [-0.39, 0.29) is 0 Å². The number of hydrogen-bond donors (Lipinski definition) is 1. The Morgan fingerprint density at radius 2 is 1.88 bits per heavy atom. The quantitative estimate of drug-likeness (QED) is 0.858. The Bertz CT molecular complexity index is 785. The molecule has 2 aliphatic rings. The second-order valence-corrected chi connectivity index (χ2v) is 7.50. The van der Waals surface area contributed by atoms with E-state index in [2.05, 4.69) is 38.4 Å². The van der Waals surface area contributed by atoms with Crippen LogP contribution in [0.2, 0.25) is 5.02 Å². The summed E-state index contributed by atoms with van der Waals surface area (Å²) in [6.07, 6.45) is 9.84. The third-order valence-corrected chi connectivity index (χ3v) is 5.61. The fourth-order valence-electron chi connectivity index (χ4n) is 3.85. The fourth-order valence-corrected chi connectivity index (χ4v) is 3.97. The van der Waals surface area contributed by atoms with Crippen molar-refractivity contribution in [3.8, 4) is 0 Å². The third kappa shape index (κ3) is 4.08.